The molecule has 5 nitrogen and oxygen atoms in total. The number of aryl methyl sites for hydroxylation is 2. The van der Waals surface area contributed by atoms with E-state index in [1.807, 2.05) is 42.2 Å². The summed E-state index contributed by atoms with van der Waals surface area (Å²) < 4.78 is 0. The van der Waals surface area contributed by atoms with Gasteiger partial charge in [-0.2, -0.15) is 0 Å². The van der Waals surface area contributed by atoms with Crippen LogP contribution < -0.4 is 5.32 Å². The Bertz CT molecular complexity index is 1050. The Labute approximate surface area is 187 Å². The first-order valence-electron chi connectivity index (χ1n) is 10.7. The number of rotatable bonds is 5. The van der Waals surface area contributed by atoms with Gasteiger partial charge in [0.1, 0.15) is 0 Å². The number of amides is 2. The summed E-state index contributed by atoms with van der Waals surface area (Å²) >= 11 is 1.60. The summed E-state index contributed by atoms with van der Waals surface area (Å²) in [6.07, 6.45) is 1.92. The van der Waals surface area contributed by atoms with Gasteiger partial charge in [-0.25, -0.2) is 4.98 Å². The van der Waals surface area contributed by atoms with Crippen LogP contribution in [0.3, 0.4) is 0 Å². The Hall–Kier alpha value is -2.99. The number of likely N-dealkylation sites (tertiary alicyclic amines) is 1. The summed E-state index contributed by atoms with van der Waals surface area (Å²) in [7, 11) is 0. The van der Waals surface area contributed by atoms with Crippen molar-refractivity contribution in [2.45, 2.75) is 39.2 Å². The molecule has 1 N–H and O–H groups in total. The topological polar surface area (TPSA) is 62.3 Å². The molecule has 0 bridgehead atoms. The molecule has 1 saturated heterocycles. The number of carbonyl (C=O) groups excluding carboxylic acids is 2. The molecule has 1 aliphatic heterocycles. The van der Waals surface area contributed by atoms with Crippen LogP contribution in [0, 0.1) is 13.8 Å². The molecule has 1 aromatic heterocycles. The Morgan fingerprint density at radius 1 is 1.03 bits per heavy atom. The van der Waals surface area contributed by atoms with Crippen molar-refractivity contribution < 1.29 is 9.59 Å². The summed E-state index contributed by atoms with van der Waals surface area (Å²) in [5.41, 5.74) is 3.85. The van der Waals surface area contributed by atoms with E-state index >= 15 is 0 Å². The predicted octanol–water partition coefficient (Wildman–Crippen LogP) is 4.39. The minimum absolute atomic E-state index is 0.0479. The van der Waals surface area contributed by atoms with Crippen molar-refractivity contribution >= 4 is 23.2 Å². The van der Waals surface area contributed by atoms with Gasteiger partial charge in [0.15, 0.2) is 0 Å². The Kier molecular flexibility index (Phi) is 6.47. The van der Waals surface area contributed by atoms with Gasteiger partial charge in [-0.15, -0.1) is 11.3 Å². The van der Waals surface area contributed by atoms with Crippen molar-refractivity contribution in [3.05, 3.63) is 75.6 Å². The highest BCUT2D eigenvalue weighted by molar-refractivity contribution is 7.12. The van der Waals surface area contributed by atoms with Crippen molar-refractivity contribution in [3.8, 4) is 11.3 Å². The quantitative estimate of drug-likeness (QED) is 0.649. The van der Waals surface area contributed by atoms with Crippen LogP contribution in [0.2, 0.25) is 0 Å². The average molecular weight is 434 g/mol. The lowest BCUT2D eigenvalue weighted by molar-refractivity contribution is -0.131. The second-order valence-corrected chi connectivity index (χ2v) is 9.33. The zero-order valence-corrected chi connectivity index (χ0v) is 18.7. The fourth-order valence-corrected chi connectivity index (χ4v) is 4.86. The van der Waals surface area contributed by atoms with Crippen LogP contribution in [-0.4, -0.2) is 40.8 Å². The first-order chi connectivity index (χ1) is 15.0. The number of benzene rings is 2. The average Bonchev–Trinajstić information content (AvgIpc) is 3.15. The van der Waals surface area contributed by atoms with E-state index in [-0.39, 0.29) is 17.9 Å². The maximum atomic E-state index is 13.0. The lowest BCUT2D eigenvalue weighted by Gasteiger charge is -2.32. The number of piperidine rings is 1. The lowest BCUT2D eigenvalue weighted by Crippen LogP contribution is -2.46. The van der Waals surface area contributed by atoms with Crippen molar-refractivity contribution in [2.75, 3.05) is 13.1 Å². The van der Waals surface area contributed by atoms with Gasteiger partial charge in [0.05, 0.1) is 17.1 Å². The SMILES string of the molecule is Cc1ccc(-c2nc(C)sc2CC(=O)N2CCC(NC(=O)c3ccccc3)CC2)cc1. The van der Waals surface area contributed by atoms with Crippen LogP contribution in [0.15, 0.2) is 54.6 Å². The van der Waals surface area contributed by atoms with E-state index in [1.54, 1.807) is 11.3 Å². The minimum Gasteiger partial charge on any atom is -0.349 e. The van der Waals surface area contributed by atoms with Gasteiger partial charge in [0.25, 0.3) is 5.91 Å². The zero-order chi connectivity index (χ0) is 21.8. The summed E-state index contributed by atoms with van der Waals surface area (Å²) in [6.45, 7) is 5.37. The lowest BCUT2D eigenvalue weighted by atomic mass is 10.0. The largest absolute Gasteiger partial charge is 0.349 e. The summed E-state index contributed by atoms with van der Waals surface area (Å²) in [4.78, 5) is 33.0. The van der Waals surface area contributed by atoms with Gasteiger partial charge in [-0.3, -0.25) is 9.59 Å². The van der Waals surface area contributed by atoms with E-state index in [2.05, 4.69) is 41.5 Å². The molecule has 0 atom stereocenters. The minimum atomic E-state index is -0.0479. The van der Waals surface area contributed by atoms with Crippen LogP contribution in [0.5, 0.6) is 0 Å². The third-order valence-electron chi connectivity index (χ3n) is 5.66. The number of carbonyl (C=O) groups is 2. The third-order valence-corrected chi connectivity index (χ3v) is 6.63. The maximum absolute atomic E-state index is 13.0. The van der Waals surface area contributed by atoms with Gasteiger partial charge in [0.2, 0.25) is 5.91 Å². The fourth-order valence-electron chi connectivity index (χ4n) is 3.91. The zero-order valence-electron chi connectivity index (χ0n) is 17.9. The highest BCUT2D eigenvalue weighted by Gasteiger charge is 2.25. The molecule has 3 aromatic rings. The highest BCUT2D eigenvalue weighted by atomic mass is 32.1. The third kappa shape index (κ3) is 5.20. The second-order valence-electron chi connectivity index (χ2n) is 8.04. The molecule has 0 saturated carbocycles. The number of hydrogen-bond donors (Lipinski definition) is 1. The number of hydrogen-bond acceptors (Lipinski definition) is 4. The van der Waals surface area contributed by atoms with Gasteiger partial charge >= 0.3 is 0 Å². The molecule has 0 aliphatic carbocycles. The van der Waals surface area contributed by atoms with Gasteiger partial charge < -0.3 is 10.2 Å². The second kappa shape index (κ2) is 9.43. The van der Waals surface area contributed by atoms with E-state index in [0.29, 0.717) is 25.1 Å². The first-order valence-corrected chi connectivity index (χ1v) is 11.5. The molecular weight excluding hydrogens is 406 g/mol. The predicted molar refractivity (Wildman–Crippen MR) is 124 cm³/mol. The number of nitrogens with one attached hydrogen (secondary N) is 1. The van der Waals surface area contributed by atoms with Crippen molar-refractivity contribution in [3.63, 3.8) is 0 Å². The molecular formula is C25H27N3O2S. The molecule has 0 unspecified atom stereocenters. The van der Waals surface area contributed by atoms with E-state index in [9.17, 15) is 9.59 Å². The molecule has 1 fully saturated rings. The number of thiazole rings is 1. The molecule has 6 heteroatoms. The summed E-state index contributed by atoms with van der Waals surface area (Å²) in [5.74, 6) is 0.0816. The van der Waals surface area contributed by atoms with Gasteiger partial charge in [-0.05, 0) is 38.8 Å². The number of nitrogens with zero attached hydrogens (tertiary/aromatic N) is 2. The fraction of sp³-hybridized carbons (Fsp3) is 0.320. The van der Waals surface area contributed by atoms with Crippen LogP contribution in [-0.2, 0) is 11.2 Å². The van der Waals surface area contributed by atoms with Crippen molar-refractivity contribution in [1.29, 1.82) is 0 Å². The van der Waals surface area contributed by atoms with Crippen LogP contribution in [0.25, 0.3) is 11.3 Å². The molecule has 1 aliphatic rings. The maximum Gasteiger partial charge on any atom is 0.251 e. The molecule has 4 rings (SSSR count). The van der Waals surface area contributed by atoms with Gasteiger partial charge in [-0.1, -0.05) is 48.0 Å². The summed E-state index contributed by atoms with van der Waals surface area (Å²) in [6, 6.07) is 17.6. The Morgan fingerprint density at radius 3 is 2.39 bits per heavy atom. The Morgan fingerprint density at radius 2 is 1.71 bits per heavy atom. The standard InChI is InChI=1S/C25H27N3O2S/c1-17-8-10-19(11-9-17)24-22(31-18(2)26-24)16-23(29)28-14-12-21(13-15-28)27-25(30)20-6-4-3-5-7-20/h3-11,21H,12-16H2,1-2H3,(H,27,30). The van der Waals surface area contributed by atoms with Crippen LogP contribution >= 0.6 is 11.3 Å². The first kappa shape index (κ1) is 21.2. The van der Waals surface area contributed by atoms with Crippen molar-refractivity contribution in [1.82, 2.24) is 15.2 Å². The smallest absolute Gasteiger partial charge is 0.251 e. The molecule has 2 aromatic carbocycles. The molecule has 0 radical (unpaired) electrons. The Balaban J connectivity index is 1.35. The normalized spacial score (nSPS) is 14.5. The molecule has 31 heavy (non-hydrogen) atoms. The molecule has 2 heterocycles. The number of aromatic nitrogens is 1. The van der Waals surface area contributed by atoms with E-state index in [0.717, 1.165) is 34.0 Å². The monoisotopic (exact) mass is 433 g/mol. The van der Waals surface area contributed by atoms with Crippen LogP contribution in [0.1, 0.15) is 38.6 Å². The molecule has 0 spiro atoms. The van der Waals surface area contributed by atoms with Crippen LogP contribution in [0.4, 0.5) is 0 Å². The van der Waals surface area contributed by atoms with E-state index < -0.39 is 0 Å². The van der Waals surface area contributed by atoms with E-state index in [4.69, 9.17) is 0 Å². The molecule has 160 valence electrons. The van der Waals surface area contributed by atoms with Crippen molar-refractivity contribution in [2.24, 2.45) is 0 Å². The summed E-state index contributed by atoms with van der Waals surface area (Å²) in [5, 5.41) is 4.07. The van der Waals surface area contributed by atoms with Gasteiger partial charge in [0, 0.05) is 35.1 Å². The highest BCUT2D eigenvalue weighted by Crippen LogP contribution is 2.29. The van der Waals surface area contributed by atoms with E-state index in [1.165, 1.54) is 5.56 Å². The molecule has 2 amide bonds.